The highest BCUT2D eigenvalue weighted by molar-refractivity contribution is 9.10. The van der Waals surface area contributed by atoms with Crippen molar-refractivity contribution in [3.8, 4) is 5.75 Å². The van der Waals surface area contributed by atoms with E-state index < -0.39 is 11.1 Å². The Balaban J connectivity index is 1.32. The molecule has 0 aliphatic carbocycles. The summed E-state index contributed by atoms with van der Waals surface area (Å²) < 4.78 is 6.38. The second kappa shape index (κ2) is 11.3. The molecule has 4 amide bonds. The molecule has 0 bridgehead atoms. The summed E-state index contributed by atoms with van der Waals surface area (Å²) in [6.07, 6.45) is 3.50. The van der Waals surface area contributed by atoms with Crippen LogP contribution in [0.25, 0.3) is 6.08 Å². The summed E-state index contributed by atoms with van der Waals surface area (Å²) in [6.45, 7) is 4.93. The molecule has 0 radical (unpaired) electrons. The Morgan fingerprint density at radius 3 is 2.44 bits per heavy atom. The Morgan fingerprint density at radius 1 is 1.08 bits per heavy atom. The van der Waals surface area contributed by atoms with Gasteiger partial charge in [0.15, 0.2) is 6.61 Å². The van der Waals surface area contributed by atoms with Crippen molar-refractivity contribution in [2.75, 3.05) is 31.6 Å². The fourth-order valence-corrected chi connectivity index (χ4v) is 5.26. The van der Waals surface area contributed by atoms with E-state index in [9.17, 15) is 19.2 Å². The van der Waals surface area contributed by atoms with Crippen LogP contribution in [0.2, 0.25) is 0 Å². The van der Waals surface area contributed by atoms with Gasteiger partial charge in [0.2, 0.25) is 5.91 Å². The van der Waals surface area contributed by atoms with Gasteiger partial charge in [-0.3, -0.25) is 24.1 Å². The molecule has 188 valence electrons. The highest BCUT2D eigenvalue weighted by Crippen LogP contribution is 2.32. The highest BCUT2D eigenvalue weighted by atomic mass is 79.9. The Labute approximate surface area is 222 Å². The van der Waals surface area contributed by atoms with Gasteiger partial charge in [-0.2, -0.15) is 0 Å². The molecule has 0 atom stereocenters. The first-order chi connectivity index (χ1) is 17.2. The molecule has 4 rings (SSSR count). The summed E-state index contributed by atoms with van der Waals surface area (Å²) in [5.74, 6) is -0.468. The van der Waals surface area contributed by atoms with Gasteiger partial charge in [0.05, 0.1) is 10.6 Å². The number of hydrogen-bond acceptors (Lipinski definition) is 6. The summed E-state index contributed by atoms with van der Waals surface area (Å²) in [7, 11) is 0. The molecule has 2 aromatic carbocycles. The molecule has 2 fully saturated rings. The van der Waals surface area contributed by atoms with Gasteiger partial charge >= 0.3 is 0 Å². The van der Waals surface area contributed by atoms with Gasteiger partial charge in [0, 0.05) is 17.6 Å². The van der Waals surface area contributed by atoms with E-state index in [0.29, 0.717) is 30.1 Å². The number of thioether (sulfide) groups is 1. The van der Waals surface area contributed by atoms with Crippen molar-refractivity contribution in [1.29, 1.82) is 0 Å². The Hall–Kier alpha value is -3.11. The van der Waals surface area contributed by atoms with Crippen molar-refractivity contribution < 1.29 is 23.9 Å². The highest BCUT2D eigenvalue weighted by Gasteiger charge is 2.37. The zero-order valence-corrected chi connectivity index (χ0v) is 22.4. The molecule has 2 saturated heterocycles. The lowest BCUT2D eigenvalue weighted by Crippen LogP contribution is -2.40. The molecule has 2 heterocycles. The molecule has 0 unspecified atom stereocenters. The van der Waals surface area contributed by atoms with Crippen LogP contribution in [0.15, 0.2) is 45.8 Å². The van der Waals surface area contributed by atoms with E-state index in [1.807, 2.05) is 26.0 Å². The Kier molecular flexibility index (Phi) is 8.15. The first-order valence-electron chi connectivity index (χ1n) is 11.5. The number of anilines is 1. The number of carbonyl (C=O) groups is 4. The van der Waals surface area contributed by atoms with E-state index in [2.05, 4.69) is 21.2 Å². The van der Waals surface area contributed by atoms with Crippen LogP contribution in [-0.4, -0.2) is 59.0 Å². The maximum Gasteiger partial charge on any atom is 0.294 e. The van der Waals surface area contributed by atoms with Crippen LogP contribution in [0.5, 0.6) is 5.75 Å². The molecule has 0 saturated carbocycles. The third-order valence-electron chi connectivity index (χ3n) is 6.03. The standard InChI is InChI=1S/C26H26BrN3O5S/c1-16-11-20(27)21(12-17(16)2)28-23(31)15-35-19-7-5-18(6-8-19)13-22-25(33)30(26(34)36-22)14-24(32)29-9-3-4-10-29/h5-8,11-13H,3-4,9-10,14-15H2,1-2H3,(H,28,31)/b22-13-. The third kappa shape index (κ3) is 6.17. The van der Waals surface area contributed by atoms with Crippen molar-refractivity contribution in [3.05, 3.63) is 62.5 Å². The number of likely N-dealkylation sites (tertiary alicyclic amines) is 1. The number of halogens is 1. The fraction of sp³-hybridized carbons (Fsp3) is 0.308. The molecular formula is C26H26BrN3O5S. The van der Waals surface area contributed by atoms with E-state index in [0.717, 1.165) is 45.1 Å². The van der Waals surface area contributed by atoms with E-state index >= 15 is 0 Å². The largest absolute Gasteiger partial charge is 0.484 e. The second-order valence-corrected chi connectivity index (χ2v) is 10.5. The number of rotatable bonds is 7. The van der Waals surface area contributed by atoms with Crippen LogP contribution in [-0.2, 0) is 14.4 Å². The van der Waals surface area contributed by atoms with Crippen LogP contribution in [0.4, 0.5) is 10.5 Å². The quantitative estimate of drug-likeness (QED) is 0.482. The molecule has 36 heavy (non-hydrogen) atoms. The van der Waals surface area contributed by atoms with E-state index in [-0.39, 0.29) is 29.9 Å². The maximum absolute atomic E-state index is 12.7. The zero-order valence-electron chi connectivity index (χ0n) is 20.0. The first-order valence-corrected chi connectivity index (χ1v) is 13.1. The van der Waals surface area contributed by atoms with Gasteiger partial charge in [0.25, 0.3) is 17.1 Å². The summed E-state index contributed by atoms with van der Waals surface area (Å²) in [6, 6.07) is 10.7. The van der Waals surface area contributed by atoms with E-state index in [4.69, 9.17) is 4.74 Å². The van der Waals surface area contributed by atoms with Gasteiger partial charge in [-0.05, 0) is 101 Å². The molecule has 8 nitrogen and oxygen atoms in total. The molecule has 1 N–H and O–H groups in total. The maximum atomic E-state index is 12.7. The Morgan fingerprint density at radius 2 is 1.75 bits per heavy atom. The van der Waals surface area contributed by atoms with E-state index in [1.54, 1.807) is 35.2 Å². The van der Waals surface area contributed by atoms with Crippen LogP contribution in [0, 0.1) is 13.8 Å². The molecule has 2 aliphatic heterocycles. The minimum Gasteiger partial charge on any atom is -0.484 e. The van der Waals surface area contributed by atoms with Crippen LogP contribution >= 0.6 is 27.7 Å². The predicted molar refractivity (Wildman–Crippen MR) is 143 cm³/mol. The molecule has 0 spiro atoms. The fourth-order valence-electron chi connectivity index (χ4n) is 3.86. The lowest BCUT2D eigenvalue weighted by Gasteiger charge is -2.18. The van der Waals surface area contributed by atoms with Gasteiger partial charge in [-0.15, -0.1) is 0 Å². The lowest BCUT2D eigenvalue weighted by molar-refractivity contribution is -0.135. The summed E-state index contributed by atoms with van der Waals surface area (Å²) in [5.41, 5.74) is 3.57. The minimum absolute atomic E-state index is 0.164. The van der Waals surface area contributed by atoms with Crippen LogP contribution in [0.3, 0.4) is 0 Å². The third-order valence-corrected chi connectivity index (χ3v) is 7.59. The molecule has 2 aliphatic rings. The van der Waals surface area contributed by atoms with Gasteiger partial charge in [-0.1, -0.05) is 12.1 Å². The number of imide groups is 1. The number of benzene rings is 2. The van der Waals surface area contributed by atoms with Crippen LogP contribution in [0.1, 0.15) is 29.5 Å². The van der Waals surface area contributed by atoms with Crippen LogP contribution < -0.4 is 10.1 Å². The van der Waals surface area contributed by atoms with Crippen molar-refractivity contribution in [3.63, 3.8) is 0 Å². The number of amides is 4. The Bertz CT molecular complexity index is 1240. The van der Waals surface area contributed by atoms with Gasteiger partial charge in [0.1, 0.15) is 12.3 Å². The lowest BCUT2D eigenvalue weighted by atomic mass is 10.1. The average Bonchev–Trinajstić information content (AvgIpc) is 3.47. The summed E-state index contributed by atoms with van der Waals surface area (Å²) >= 11 is 4.28. The normalized spacial score (nSPS) is 16.7. The molecular weight excluding hydrogens is 546 g/mol. The number of hydrogen-bond donors (Lipinski definition) is 1. The SMILES string of the molecule is Cc1cc(Br)c(NC(=O)COc2ccc(/C=C3\SC(=O)N(CC(=O)N4CCCC4)C3=O)cc2)cc1C. The minimum atomic E-state index is -0.466. The monoisotopic (exact) mass is 571 g/mol. The number of ether oxygens (including phenoxy) is 1. The summed E-state index contributed by atoms with van der Waals surface area (Å²) in [4.78, 5) is 52.7. The zero-order chi connectivity index (χ0) is 25.8. The number of nitrogens with one attached hydrogen (secondary N) is 1. The second-order valence-electron chi connectivity index (χ2n) is 8.68. The number of nitrogens with zero attached hydrogens (tertiary/aromatic N) is 2. The number of aryl methyl sites for hydroxylation is 2. The van der Waals surface area contributed by atoms with Crippen molar-refractivity contribution in [2.24, 2.45) is 0 Å². The average molecular weight is 572 g/mol. The molecule has 10 heteroatoms. The topological polar surface area (TPSA) is 96.0 Å². The molecule has 2 aromatic rings. The van der Waals surface area contributed by atoms with Crippen molar-refractivity contribution >= 4 is 62.4 Å². The smallest absolute Gasteiger partial charge is 0.294 e. The molecule has 0 aromatic heterocycles. The van der Waals surface area contributed by atoms with Gasteiger partial charge in [-0.25, -0.2) is 0 Å². The van der Waals surface area contributed by atoms with E-state index in [1.165, 1.54) is 0 Å². The number of carbonyl (C=O) groups excluding carboxylic acids is 4. The van der Waals surface area contributed by atoms with Crippen molar-refractivity contribution in [1.82, 2.24) is 9.80 Å². The summed E-state index contributed by atoms with van der Waals surface area (Å²) in [5, 5.41) is 2.38. The predicted octanol–water partition coefficient (Wildman–Crippen LogP) is 4.74. The van der Waals surface area contributed by atoms with Gasteiger partial charge < -0.3 is 15.0 Å². The first kappa shape index (κ1) is 26.0. The van der Waals surface area contributed by atoms with Crippen molar-refractivity contribution in [2.45, 2.75) is 26.7 Å².